The van der Waals surface area contributed by atoms with E-state index in [0.717, 1.165) is 15.3 Å². The van der Waals surface area contributed by atoms with Crippen LogP contribution in [0.25, 0.3) is 10.2 Å². The molecule has 0 amide bonds. The lowest BCUT2D eigenvalue weighted by molar-refractivity contribution is 0.170. The van der Waals surface area contributed by atoms with Crippen LogP contribution in [0.5, 0.6) is 0 Å². The summed E-state index contributed by atoms with van der Waals surface area (Å²) >= 11 is 16.1. The highest BCUT2D eigenvalue weighted by Gasteiger charge is 2.33. The maximum Gasteiger partial charge on any atom is 0.131 e. The van der Waals surface area contributed by atoms with Crippen LogP contribution in [-0.4, -0.2) is 22.2 Å². The van der Waals surface area contributed by atoms with E-state index in [-0.39, 0.29) is 12.0 Å². The molecule has 26 heavy (non-hydrogen) atoms. The van der Waals surface area contributed by atoms with Crippen LogP contribution in [0.1, 0.15) is 22.1 Å². The predicted octanol–water partition coefficient (Wildman–Crippen LogP) is 5.01. The Kier molecular flexibility index (Phi) is 5.23. The molecule has 4 rings (SSSR count). The lowest BCUT2D eigenvalue weighted by atomic mass is 9.86. The molecule has 0 aliphatic heterocycles. The van der Waals surface area contributed by atoms with Gasteiger partial charge in [-0.2, -0.15) is 0 Å². The highest BCUT2D eigenvalue weighted by atomic mass is 35.5. The Morgan fingerprint density at radius 1 is 1.38 bits per heavy atom. The molecule has 0 saturated carbocycles. The van der Waals surface area contributed by atoms with Gasteiger partial charge in [-0.05, 0) is 17.9 Å². The molecule has 0 aromatic carbocycles. The minimum absolute atomic E-state index is 0.182. The van der Waals surface area contributed by atoms with Gasteiger partial charge in [0.25, 0.3) is 0 Å². The molecular weight excluding hydrogens is 409 g/mol. The fraction of sp³-hybridized carbons (Fsp3) is 0.278. The van der Waals surface area contributed by atoms with Crippen molar-refractivity contribution in [2.75, 3.05) is 5.32 Å². The zero-order chi connectivity index (χ0) is 18.3. The lowest BCUT2D eigenvalue weighted by Crippen LogP contribution is -2.37. The molecule has 8 heteroatoms. The van der Waals surface area contributed by atoms with Crippen molar-refractivity contribution >= 4 is 61.8 Å². The second-order valence-corrected chi connectivity index (χ2v) is 9.08. The minimum Gasteiger partial charge on any atom is -0.388 e. The Labute approximate surface area is 169 Å². The first-order valence-corrected chi connectivity index (χ1v) is 10.6. The van der Waals surface area contributed by atoms with E-state index >= 15 is 0 Å². The van der Waals surface area contributed by atoms with E-state index in [1.807, 2.05) is 23.6 Å². The van der Waals surface area contributed by atoms with Crippen molar-refractivity contribution in [1.29, 1.82) is 0 Å². The SMILES string of the molecule is N[C@H]1CC=C[C@@H](O)[C@@H]1c1sc2c(NCc3cccs3)cc(Cl)nc2c1Cl. The summed E-state index contributed by atoms with van der Waals surface area (Å²) in [5, 5.41) is 16.8. The summed E-state index contributed by atoms with van der Waals surface area (Å²) in [6.45, 7) is 0.701. The first kappa shape index (κ1) is 18.2. The Balaban J connectivity index is 1.76. The van der Waals surface area contributed by atoms with Crippen molar-refractivity contribution in [3.8, 4) is 0 Å². The maximum absolute atomic E-state index is 10.4. The number of anilines is 1. The van der Waals surface area contributed by atoms with Crippen molar-refractivity contribution in [2.24, 2.45) is 5.73 Å². The molecule has 0 radical (unpaired) electrons. The normalized spacial score (nSPS) is 22.8. The van der Waals surface area contributed by atoms with Crippen molar-refractivity contribution in [1.82, 2.24) is 4.98 Å². The van der Waals surface area contributed by atoms with E-state index < -0.39 is 6.10 Å². The van der Waals surface area contributed by atoms with E-state index in [0.29, 0.717) is 28.7 Å². The molecule has 0 saturated heterocycles. The molecule has 3 aromatic heterocycles. The number of rotatable bonds is 4. The van der Waals surface area contributed by atoms with Crippen LogP contribution in [0, 0.1) is 0 Å². The number of aliphatic hydroxyl groups excluding tert-OH is 1. The van der Waals surface area contributed by atoms with Gasteiger partial charge in [-0.15, -0.1) is 22.7 Å². The van der Waals surface area contributed by atoms with Gasteiger partial charge in [-0.1, -0.05) is 41.4 Å². The largest absolute Gasteiger partial charge is 0.388 e. The second kappa shape index (κ2) is 7.46. The summed E-state index contributed by atoms with van der Waals surface area (Å²) in [4.78, 5) is 6.50. The van der Waals surface area contributed by atoms with Crippen molar-refractivity contribution in [3.05, 3.63) is 55.7 Å². The van der Waals surface area contributed by atoms with E-state index in [2.05, 4.69) is 16.4 Å². The molecule has 0 fully saturated rings. The molecule has 4 nitrogen and oxygen atoms in total. The zero-order valence-electron chi connectivity index (χ0n) is 13.7. The van der Waals surface area contributed by atoms with Crippen LogP contribution in [0.15, 0.2) is 35.7 Å². The number of nitrogens with zero attached hydrogens (tertiary/aromatic N) is 1. The third-order valence-corrected chi connectivity index (χ3v) is 7.36. The molecule has 3 atom stereocenters. The Hall–Kier alpha value is -1.15. The highest BCUT2D eigenvalue weighted by molar-refractivity contribution is 7.20. The average Bonchev–Trinajstić information content (AvgIpc) is 3.22. The Bertz CT molecular complexity index is 955. The monoisotopic (exact) mass is 425 g/mol. The number of pyridine rings is 1. The number of fused-ring (bicyclic) bond motifs is 1. The summed E-state index contributed by atoms with van der Waals surface area (Å²) in [5.41, 5.74) is 7.80. The number of thiophene rings is 2. The van der Waals surface area contributed by atoms with Crippen LogP contribution in [0.4, 0.5) is 5.69 Å². The first-order chi connectivity index (χ1) is 12.5. The standard InChI is InChI=1S/C18H17Cl2N3OS2/c19-13-7-11(22-8-9-3-2-6-25-9)17-16(23-13)15(20)18(26-17)14-10(21)4-1-5-12(14)24/h1-3,5-7,10,12,14,24H,4,8,21H2,(H,22,23)/t10-,12+,14+/m0/s1. The summed E-state index contributed by atoms with van der Waals surface area (Å²) in [5.74, 6) is -0.240. The van der Waals surface area contributed by atoms with E-state index in [4.69, 9.17) is 28.9 Å². The van der Waals surface area contributed by atoms with Crippen LogP contribution < -0.4 is 11.1 Å². The molecule has 1 aliphatic carbocycles. The van der Waals surface area contributed by atoms with Crippen molar-refractivity contribution in [2.45, 2.75) is 31.0 Å². The lowest BCUT2D eigenvalue weighted by Gasteiger charge is -2.28. The smallest absolute Gasteiger partial charge is 0.131 e. The van der Waals surface area contributed by atoms with Crippen LogP contribution in [-0.2, 0) is 6.54 Å². The number of aromatic nitrogens is 1. The molecule has 1 aliphatic rings. The van der Waals surface area contributed by atoms with Gasteiger partial charge in [-0.25, -0.2) is 4.98 Å². The maximum atomic E-state index is 10.4. The van der Waals surface area contributed by atoms with Crippen LogP contribution in [0.2, 0.25) is 10.2 Å². The Morgan fingerprint density at radius 2 is 2.23 bits per heavy atom. The molecule has 3 heterocycles. The third kappa shape index (κ3) is 3.38. The number of nitrogens with one attached hydrogen (secondary N) is 1. The summed E-state index contributed by atoms with van der Waals surface area (Å²) < 4.78 is 0.930. The molecule has 3 aromatic rings. The minimum atomic E-state index is -0.651. The number of hydrogen-bond donors (Lipinski definition) is 3. The topological polar surface area (TPSA) is 71.2 Å². The predicted molar refractivity (Wildman–Crippen MR) is 112 cm³/mol. The zero-order valence-corrected chi connectivity index (χ0v) is 16.8. The highest BCUT2D eigenvalue weighted by Crippen LogP contribution is 2.45. The van der Waals surface area contributed by atoms with Crippen LogP contribution in [0.3, 0.4) is 0 Å². The average molecular weight is 426 g/mol. The number of aliphatic hydroxyl groups is 1. The van der Waals surface area contributed by atoms with Crippen molar-refractivity contribution in [3.63, 3.8) is 0 Å². The van der Waals surface area contributed by atoms with Crippen LogP contribution >= 0.6 is 45.9 Å². The van der Waals surface area contributed by atoms with Gasteiger partial charge < -0.3 is 16.2 Å². The van der Waals surface area contributed by atoms with E-state index in [1.54, 1.807) is 17.4 Å². The van der Waals surface area contributed by atoms with Gasteiger partial charge in [0.2, 0.25) is 0 Å². The fourth-order valence-electron chi connectivity index (χ4n) is 3.21. The third-order valence-electron chi connectivity index (χ3n) is 4.48. The van der Waals surface area contributed by atoms with Gasteiger partial charge in [-0.3, -0.25) is 0 Å². The van der Waals surface area contributed by atoms with Gasteiger partial charge in [0.05, 0.1) is 21.5 Å². The molecular formula is C18H17Cl2N3OS2. The van der Waals surface area contributed by atoms with Gasteiger partial charge in [0.1, 0.15) is 10.7 Å². The summed E-state index contributed by atoms with van der Waals surface area (Å²) in [7, 11) is 0. The number of hydrogen-bond acceptors (Lipinski definition) is 6. The van der Waals surface area contributed by atoms with Gasteiger partial charge in [0.15, 0.2) is 0 Å². The molecule has 136 valence electrons. The molecule has 0 bridgehead atoms. The Morgan fingerprint density at radius 3 is 2.96 bits per heavy atom. The molecule has 4 N–H and O–H groups in total. The number of halogens is 2. The first-order valence-electron chi connectivity index (χ1n) is 8.19. The van der Waals surface area contributed by atoms with Gasteiger partial charge >= 0.3 is 0 Å². The number of nitrogens with two attached hydrogens (primary N) is 1. The fourth-order valence-corrected chi connectivity index (χ4v) is 5.83. The van der Waals surface area contributed by atoms with Gasteiger partial charge in [0, 0.05) is 34.3 Å². The van der Waals surface area contributed by atoms with Crippen molar-refractivity contribution < 1.29 is 5.11 Å². The summed E-state index contributed by atoms with van der Waals surface area (Å²) in [6.07, 6.45) is 3.76. The molecule has 0 unspecified atom stereocenters. The molecule has 0 spiro atoms. The second-order valence-electron chi connectivity index (χ2n) is 6.23. The summed E-state index contributed by atoms with van der Waals surface area (Å²) in [6, 6.07) is 5.73. The van der Waals surface area contributed by atoms with E-state index in [1.165, 1.54) is 16.2 Å². The quantitative estimate of drug-likeness (QED) is 0.405. The van der Waals surface area contributed by atoms with E-state index in [9.17, 15) is 5.11 Å².